The maximum atomic E-state index is 5.60. The second kappa shape index (κ2) is 6.37. The Morgan fingerprint density at radius 1 is 1.50 bits per heavy atom. The van der Waals surface area contributed by atoms with E-state index in [1.165, 1.54) is 0 Å². The molecule has 1 aliphatic rings. The van der Waals surface area contributed by atoms with Gasteiger partial charge in [-0.15, -0.1) is 0 Å². The Hall–Kier alpha value is -1.59. The molecule has 0 bridgehead atoms. The third kappa shape index (κ3) is 3.21. The van der Waals surface area contributed by atoms with Crippen molar-refractivity contribution in [3.05, 3.63) is 30.3 Å². The lowest BCUT2D eigenvalue weighted by atomic mass is 10.2. The van der Waals surface area contributed by atoms with E-state index in [2.05, 4.69) is 27.6 Å². The summed E-state index contributed by atoms with van der Waals surface area (Å²) < 4.78 is 0. The van der Waals surface area contributed by atoms with Gasteiger partial charge in [-0.05, 0) is 18.6 Å². The van der Waals surface area contributed by atoms with Crippen LogP contribution in [0.3, 0.4) is 0 Å². The lowest BCUT2D eigenvalue weighted by Crippen LogP contribution is -2.56. The minimum atomic E-state index is 0.507. The lowest BCUT2D eigenvalue weighted by Gasteiger charge is -2.34. The molecule has 1 aliphatic heterocycles. The van der Waals surface area contributed by atoms with Crippen LogP contribution < -0.4 is 16.6 Å². The summed E-state index contributed by atoms with van der Waals surface area (Å²) in [7, 11) is 0. The van der Waals surface area contributed by atoms with Crippen LogP contribution in [-0.4, -0.2) is 36.5 Å². The Kier molecular flexibility index (Phi) is 4.55. The number of guanidine groups is 1. The summed E-state index contributed by atoms with van der Waals surface area (Å²) in [6, 6.07) is 10.4. The number of hydrazine groups is 1. The van der Waals surface area contributed by atoms with Crippen molar-refractivity contribution in [1.82, 2.24) is 15.6 Å². The Bertz CT molecular complexity index is 390. The number of nitrogens with zero attached hydrogens (tertiary/aromatic N) is 2. The topological polar surface area (TPSA) is 65.7 Å². The summed E-state index contributed by atoms with van der Waals surface area (Å²) in [5.41, 5.74) is 3.63. The van der Waals surface area contributed by atoms with Crippen molar-refractivity contribution in [3.63, 3.8) is 0 Å². The molecule has 0 spiro atoms. The number of rotatable bonds is 2. The second-order valence-corrected chi connectivity index (χ2v) is 4.42. The molecule has 1 saturated heterocycles. The van der Waals surface area contributed by atoms with Crippen LogP contribution in [0.5, 0.6) is 0 Å². The fraction of sp³-hybridized carbons (Fsp3) is 0.462. The standard InChI is InChI=1S/C13H21N5/c1-2-11-10-18(9-8-15-11)13(17-14)16-12-6-4-3-5-7-12/h3-7,11,15H,2,8-10,14H2,1H3,(H,16,17)/t11-/m0/s1. The van der Waals surface area contributed by atoms with E-state index >= 15 is 0 Å². The molecular formula is C13H21N5. The van der Waals surface area contributed by atoms with Crippen molar-refractivity contribution in [1.29, 1.82) is 0 Å². The van der Waals surface area contributed by atoms with Gasteiger partial charge in [0.2, 0.25) is 5.96 Å². The van der Waals surface area contributed by atoms with Crippen LogP contribution in [0, 0.1) is 0 Å². The van der Waals surface area contributed by atoms with Crippen molar-refractivity contribution in [2.45, 2.75) is 19.4 Å². The van der Waals surface area contributed by atoms with E-state index in [4.69, 9.17) is 5.84 Å². The van der Waals surface area contributed by atoms with Gasteiger partial charge < -0.3 is 10.2 Å². The van der Waals surface area contributed by atoms with E-state index in [0.29, 0.717) is 6.04 Å². The molecule has 0 aliphatic carbocycles. The largest absolute Gasteiger partial charge is 0.339 e. The highest BCUT2D eigenvalue weighted by atomic mass is 15.4. The van der Waals surface area contributed by atoms with Crippen molar-refractivity contribution in [3.8, 4) is 0 Å². The van der Waals surface area contributed by atoms with Crippen molar-refractivity contribution >= 4 is 11.6 Å². The summed E-state index contributed by atoms with van der Waals surface area (Å²) in [6.07, 6.45) is 1.11. The van der Waals surface area contributed by atoms with Gasteiger partial charge in [-0.1, -0.05) is 25.1 Å². The molecule has 1 fully saturated rings. The van der Waals surface area contributed by atoms with Gasteiger partial charge in [0.25, 0.3) is 0 Å². The summed E-state index contributed by atoms with van der Waals surface area (Å²) in [5.74, 6) is 6.33. The lowest BCUT2D eigenvalue weighted by molar-refractivity contribution is 0.280. The van der Waals surface area contributed by atoms with E-state index in [-0.39, 0.29) is 0 Å². The molecule has 5 nitrogen and oxygen atoms in total. The first-order chi connectivity index (χ1) is 8.83. The highest BCUT2D eigenvalue weighted by Gasteiger charge is 2.20. The Morgan fingerprint density at radius 2 is 2.28 bits per heavy atom. The Labute approximate surface area is 108 Å². The molecule has 1 heterocycles. The van der Waals surface area contributed by atoms with Crippen LogP contribution in [0.15, 0.2) is 35.3 Å². The molecule has 5 heteroatoms. The van der Waals surface area contributed by atoms with Crippen LogP contribution in [0.25, 0.3) is 0 Å². The molecule has 4 N–H and O–H groups in total. The highest BCUT2D eigenvalue weighted by Crippen LogP contribution is 2.11. The van der Waals surface area contributed by atoms with Crippen LogP contribution in [0.1, 0.15) is 13.3 Å². The summed E-state index contributed by atoms with van der Waals surface area (Å²) in [4.78, 5) is 6.74. The number of nitrogens with two attached hydrogens (primary N) is 1. The summed E-state index contributed by atoms with van der Waals surface area (Å²) >= 11 is 0. The summed E-state index contributed by atoms with van der Waals surface area (Å²) in [6.45, 7) is 5.01. The number of aliphatic imine (C=N–C) groups is 1. The molecule has 0 radical (unpaired) electrons. The molecule has 1 aromatic carbocycles. The van der Waals surface area contributed by atoms with E-state index in [1.807, 2.05) is 30.3 Å². The van der Waals surface area contributed by atoms with E-state index in [9.17, 15) is 0 Å². The van der Waals surface area contributed by atoms with Gasteiger partial charge in [-0.3, -0.25) is 5.43 Å². The quantitative estimate of drug-likeness (QED) is 0.313. The van der Waals surface area contributed by atoms with Gasteiger partial charge in [0.15, 0.2) is 0 Å². The number of hydrogen-bond acceptors (Lipinski definition) is 3. The molecule has 1 aromatic rings. The van der Waals surface area contributed by atoms with E-state index in [1.54, 1.807) is 0 Å². The van der Waals surface area contributed by atoms with Gasteiger partial charge >= 0.3 is 0 Å². The first-order valence-electron chi connectivity index (χ1n) is 6.42. The minimum Gasteiger partial charge on any atom is -0.339 e. The predicted molar refractivity (Wildman–Crippen MR) is 74.5 cm³/mol. The first-order valence-corrected chi connectivity index (χ1v) is 6.42. The number of para-hydroxylation sites is 1. The number of piperazine rings is 1. The average Bonchev–Trinajstić information content (AvgIpc) is 2.46. The molecule has 98 valence electrons. The van der Waals surface area contributed by atoms with Crippen LogP contribution in [-0.2, 0) is 0 Å². The number of benzene rings is 1. The molecule has 18 heavy (non-hydrogen) atoms. The Balaban J connectivity index is 2.10. The molecule has 2 rings (SSSR count). The Morgan fingerprint density at radius 3 is 2.94 bits per heavy atom. The fourth-order valence-electron chi connectivity index (χ4n) is 2.11. The van der Waals surface area contributed by atoms with E-state index < -0.39 is 0 Å². The predicted octanol–water partition coefficient (Wildman–Crippen LogP) is 0.821. The molecule has 0 saturated carbocycles. The zero-order valence-electron chi connectivity index (χ0n) is 10.8. The average molecular weight is 247 g/mol. The van der Waals surface area contributed by atoms with Gasteiger partial charge in [-0.2, -0.15) is 0 Å². The van der Waals surface area contributed by atoms with Crippen molar-refractivity contribution in [2.24, 2.45) is 10.8 Å². The maximum Gasteiger partial charge on any atom is 0.213 e. The molecule has 1 atom stereocenters. The van der Waals surface area contributed by atoms with Crippen LogP contribution >= 0.6 is 0 Å². The molecular weight excluding hydrogens is 226 g/mol. The normalized spacial score (nSPS) is 20.9. The smallest absolute Gasteiger partial charge is 0.213 e. The maximum absolute atomic E-state index is 5.60. The second-order valence-electron chi connectivity index (χ2n) is 4.42. The first kappa shape index (κ1) is 12.9. The van der Waals surface area contributed by atoms with Gasteiger partial charge in [0.05, 0.1) is 5.69 Å². The van der Waals surface area contributed by atoms with Crippen LogP contribution in [0.4, 0.5) is 5.69 Å². The fourth-order valence-corrected chi connectivity index (χ4v) is 2.11. The van der Waals surface area contributed by atoms with Crippen molar-refractivity contribution in [2.75, 3.05) is 19.6 Å². The van der Waals surface area contributed by atoms with Gasteiger partial charge in [-0.25, -0.2) is 10.8 Å². The van der Waals surface area contributed by atoms with Gasteiger partial charge in [0.1, 0.15) is 0 Å². The van der Waals surface area contributed by atoms with Gasteiger partial charge in [0, 0.05) is 25.7 Å². The molecule has 0 unspecified atom stereocenters. The third-order valence-electron chi connectivity index (χ3n) is 3.17. The third-order valence-corrected chi connectivity index (χ3v) is 3.17. The molecule has 0 amide bonds. The van der Waals surface area contributed by atoms with Crippen molar-refractivity contribution < 1.29 is 0 Å². The number of hydrogen-bond donors (Lipinski definition) is 3. The SMILES string of the molecule is CC[C@H]1CN(C(=Nc2ccccc2)NN)CCN1. The zero-order valence-corrected chi connectivity index (χ0v) is 10.8. The van der Waals surface area contributed by atoms with E-state index in [0.717, 1.165) is 37.7 Å². The summed E-state index contributed by atoms with van der Waals surface area (Å²) in [5, 5.41) is 3.48. The monoisotopic (exact) mass is 247 g/mol. The number of nitrogens with one attached hydrogen (secondary N) is 2. The highest BCUT2D eigenvalue weighted by molar-refractivity contribution is 5.82. The zero-order chi connectivity index (χ0) is 12.8. The molecule has 0 aromatic heterocycles. The minimum absolute atomic E-state index is 0.507. The van der Waals surface area contributed by atoms with Crippen LogP contribution in [0.2, 0.25) is 0 Å².